The van der Waals surface area contributed by atoms with Crippen LogP contribution in [0, 0.1) is 5.92 Å². The number of rotatable bonds is 8. The van der Waals surface area contributed by atoms with Crippen LogP contribution in [-0.2, 0) is 17.9 Å². The summed E-state index contributed by atoms with van der Waals surface area (Å²) in [7, 11) is 4.11. The van der Waals surface area contributed by atoms with E-state index in [0.717, 1.165) is 6.54 Å². The molecule has 0 radical (unpaired) electrons. The van der Waals surface area contributed by atoms with Crippen molar-refractivity contribution in [1.29, 1.82) is 0 Å². The van der Waals surface area contributed by atoms with Gasteiger partial charge in [0.15, 0.2) is 0 Å². The van der Waals surface area contributed by atoms with Crippen molar-refractivity contribution in [2.45, 2.75) is 58.2 Å². The lowest BCUT2D eigenvalue weighted by atomic mass is 9.94. The van der Waals surface area contributed by atoms with E-state index in [1.54, 1.807) is 0 Å². The molecule has 0 aromatic heterocycles. The Kier molecular flexibility index (Phi) is 7.73. The van der Waals surface area contributed by atoms with Crippen molar-refractivity contribution >= 4 is 5.91 Å². The maximum Gasteiger partial charge on any atom is 0.224 e. The van der Waals surface area contributed by atoms with Crippen molar-refractivity contribution in [3.05, 3.63) is 35.4 Å². The van der Waals surface area contributed by atoms with Gasteiger partial charge in [0.1, 0.15) is 0 Å². The summed E-state index contributed by atoms with van der Waals surface area (Å²) in [5.74, 6) is 0.104. The summed E-state index contributed by atoms with van der Waals surface area (Å²) < 4.78 is 0. The lowest BCUT2D eigenvalue weighted by Crippen LogP contribution is -2.35. The van der Waals surface area contributed by atoms with Crippen molar-refractivity contribution < 1.29 is 4.79 Å². The number of amides is 1. The molecule has 0 bridgehead atoms. The zero-order valence-electron chi connectivity index (χ0n) is 15.5. The Morgan fingerprint density at radius 1 is 1.21 bits per heavy atom. The molecule has 1 aliphatic carbocycles. The lowest BCUT2D eigenvalue weighted by molar-refractivity contribution is -0.124. The van der Waals surface area contributed by atoms with Gasteiger partial charge in [-0.25, -0.2) is 0 Å². The van der Waals surface area contributed by atoms with Crippen LogP contribution in [-0.4, -0.2) is 37.5 Å². The Bertz CT molecular complexity index is 511. The average molecular weight is 332 g/mol. The number of benzene rings is 1. The first-order valence-corrected chi connectivity index (χ1v) is 9.31. The molecule has 0 heterocycles. The summed E-state index contributed by atoms with van der Waals surface area (Å²) in [5, 5.41) is 6.13. The van der Waals surface area contributed by atoms with Gasteiger partial charge in [-0.2, -0.15) is 0 Å². The van der Waals surface area contributed by atoms with Gasteiger partial charge >= 0.3 is 0 Å². The molecule has 1 atom stereocenters. The smallest absolute Gasteiger partial charge is 0.224 e. The molecule has 1 aromatic rings. The number of nitrogens with zero attached hydrogens (tertiary/aromatic N) is 1. The molecule has 1 saturated carbocycles. The number of hydrogen-bond acceptors (Lipinski definition) is 3. The third-order valence-corrected chi connectivity index (χ3v) is 5.15. The second-order valence-corrected chi connectivity index (χ2v) is 7.15. The van der Waals surface area contributed by atoms with E-state index in [2.05, 4.69) is 46.8 Å². The van der Waals surface area contributed by atoms with Crippen molar-refractivity contribution in [1.82, 2.24) is 15.5 Å². The maximum absolute atomic E-state index is 12.1. The Labute approximate surface area is 147 Å². The quantitative estimate of drug-likeness (QED) is 0.770. The van der Waals surface area contributed by atoms with E-state index in [1.807, 2.05) is 14.0 Å². The Hall–Kier alpha value is -1.39. The van der Waals surface area contributed by atoms with Crippen molar-refractivity contribution in [2.75, 3.05) is 20.6 Å². The van der Waals surface area contributed by atoms with Gasteiger partial charge in [0.05, 0.1) is 0 Å². The Morgan fingerprint density at radius 3 is 2.54 bits per heavy atom. The van der Waals surface area contributed by atoms with Gasteiger partial charge in [0.25, 0.3) is 0 Å². The fourth-order valence-corrected chi connectivity index (χ4v) is 3.56. The van der Waals surface area contributed by atoms with Gasteiger partial charge in [-0.05, 0) is 38.1 Å². The van der Waals surface area contributed by atoms with E-state index in [0.29, 0.717) is 19.1 Å². The van der Waals surface area contributed by atoms with Crippen LogP contribution in [0.3, 0.4) is 0 Å². The van der Waals surface area contributed by atoms with Crippen LogP contribution in [0.15, 0.2) is 24.3 Å². The predicted octanol–water partition coefficient (Wildman–Crippen LogP) is 2.92. The summed E-state index contributed by atoms with van der Waals surface area (Å²) in [4.78, 5) is 14.6. The molecule has 1 amide bonds. The van der Waals surface area contributed by atoms with Crippen LogP contribution >= 0.6 is 0 Å². The first kappa shape index (κ1) is 18.9. The molecular weight excluding hydrogens is 298 g/mol. The Balaban J connectivity index is 1.93. The van der Waals surface area contributed by atoms with E-state index < -0.39 is 0 Å². The standard InChI is InChI=1S/C20H33N3O/c1-16(13-21-2)20(24)22-14-17-9-7-8-10-18(17)15-23(3)19-11-5-4-6-12-19/h7-10,16,19,21H,4-6,11-15H2,1-3H3,(H,22,24). The molecule has 2 N–H and O–H groups in total. The van der Waals surface area contributed by atoms with Gasteiger partial charge in [-0.3, -0.25) is 9.69 Å². The molecule has 0 saturated heterocycles. The van der Waals surface area contributed by atoms with Gasteiger partial charge in [0, 0.05) is 31.6 Å². The highest BCUT2D eigenvalue weighted by Crippen LogP contribution is 2.23. The lowest BCUT2D eigenvalue weighted by Gasteiger charge is -2.31. The van der Waals surface area contributed by atoms with Crippen LogP contribution in [0.25, 0.3) is 0 Å². The van der Waals surface area contributed by atoms with Crippen molar-refractivity contribution in [2.24, 2.45) is 5.92 Å². The summed E-state index contributed by atoms with van der Waals surface area (Å²) >= 11 is 0. The van der Waals surface area contributed by atoms with Gasteiger partial charge in [0.2, 0.25) is 5.91 Å². The van der Waals surface area contributed by atoms with Crippen LogP contribution in [0.2, 0.25) is 0 Å². The molecule has 4 heteroatoms. The van der Waals surface area contributed by atoms with E-state index in [1.165, 1.54) is 43.2 Å². The van der Waals surface area contributed by atoms with Gasteiger partial charge < -0.3 is 10.6 Å². The molecular formula is C20H33N3O. The molecule has 2 rings (SSSR count). The second-order valence-electron chi connectivity index (χ2n) is 7.15. The molecule has 0 spiro atoms. The van der Waals surface area contributed by atoms with Crippen LogP contribution in [0.1, 0.15) is 50.2 Å². The van der Waals surface area contributed by atoms with Crippen LogP contribution in [0.5, 0.6) is 0 Å². The fraction of sp³-hybridized carbons (Fsp3) is 0.650. The van der Waals surface area contributed by atoms with Crippen molar-refractivity contribution in [3.63, 3.8) is 0 Å². The first-order chi connectivity index (χ1) is 11.6. The summed E-state index contributed by atoms with van der Waals surface area (Å²) in [6.45, 7) is 4.23. The molecule has 1 unspecified atom stereocenters. The number of carbonyl (C=O) groups is 1. The maximum atomic E-state index is 12.1. The van der Waals surface area contributed by atoms with E-state index in [4.69, 9.17) is 0 Å². The molecule has 1 fully saturated rings. The van der Waals surface area contributed by atoms with Gasteiger partial charge in [-0.15, -0.1) is 0 Å². The summed E-state index contributed by atoms with van der Waals surface area (Å²) in [6.07, 6.45) is 6.73. The number of nitrogens with one attached hydrogen (secondary N) is 2. The molecule has 1 aliphatic rings. The fourth-order valence-electron chi connectivity index (χ4n) is 3.56. The molecule has 134 valence electrons. The third kappa shape index (κ3) is 5.60. The molecule has 1 aromatic carbocycles. The zero-order valence-corrected chi connectivity index (χ0v) is 15.5. The summed E-state index contributed by atoms with van der Waals surface area (Å²) in [5.41, 5.74) is 2.55. The highest BCUT2D eigenvalue weighted by atomic mass is 16.1. The second kappa shape index (κ2) is 9.80. The molecule has 24 heavy (non-hydrogen) atoms. The highest BCUT2D eigenvalue weighted by Gasteiger charge is 2.19. The third-order valence-electron chi connectivity index (χ3n) is 5.15. The minimum atomic E-state index is -0.00734. The SMILES string of the molecule is CNCC(C)C(=O)NCc1ccccc1CN(C)C1CCCCC1. The normalized spacial score (nSPS) is 17.0. The van der Waals surface area contributed by atoms with E-state index >= 15 is 0 Å². The number of hydrogen-bond donors (Lipinski definition) is 2. The molecule has 4 nitrogen and oxygen atoms in total. The predicted molar refractivity (Wildman–Crippen MR) is 99.7 cm³/mol. The first-order valence-electron chi connectivity index (χ1n) is 9.31. The van der Waals surface area contributed by atoms with Gasteiger partial charge in [-0.1, -0.05) is 50.5 Å². The van der Waals surface area contributed by atoms with Crippen LogP contribution in [0.4, 0.5) is 0 Å². The van der Waals surface area contributed by atoms with E-state index in [-0.39, 0.29) is 11.8 Å². The topological polar surface area (TPSA) is 44.4 Å². The zero-order chi connectivity index (χ0) is 17.4. The minimum absolute atomic E-state index is 0.00734. The highest BCUT2D eigenvalue weighted by molar-refractivity contribution is 5.78. The Morgan fingerprint density at radius 2 is 1.88 bits per heavy atom. The largest absolute Gasteiger partial charge is 0.352 e. The van der Waals surface area contributed by atoms with E-state index in [9.17, 15) is 4.79 Å². The monoisotopic (exact) mass is 331 g/mol. The number of carbonyl (C=O) groups excluding carboxylic acids is 1. The van der Waals surface area contributed by atoms with Crippen molar-refractivity contribution in [3.8, 4) is 0 Å². The molecule has 0 aliphatic heterocycles. The van der Waals surface area contributed by atoms with Crippen LogP contribution < -0.4 is 10.6 Å². The minimum Gasteiger partial charge on any atom is -0.352 e. The summed E-state index contributed by atoms with van der Waals surface area (Å²) in [6, 6.07) is 9.18. The average Bonchev–Trinajstić information content (AvgIpc) is 2.61.